The molecule has 84 valence electrons. The Morgan fingerprint density at radius 1 is 0.714 bits per heavy atom. The van der Waals surface area contributed by atoms with Gasteiger partial charge in [-0.1, -0.05) is 0 Å². The summed E-state index contributed by atoms with van der Waals surface area (Å²) in [4.78, 5) is 0. The van der Waals surface area contributed by atoms with Crippen LogP contribution in [0.5, 0.6) is 0 Å². The van der Waals surface area contributed by atoms with Crippen LogP contribution in [-0.2, 0) is 57.3 Å². The Labute approximate surface area is 126 Å². The third kappa shape index (κ3) is 672. The Morgan fingerprint density at radius 2 is 0.714 bits per heavy atom. The summed E-state index contributed by atoms with van der Waals surface area (Å²) in [6.07, 6.45) is 0. The first-order chi connectivity index (χ1) is 4.00. The molecule has 0 rings (SSSR count). The van der Waals surface area contributed by atoms with Gasteiger partial charge in [-0.05, 0) is 0 Å². The van der Waals surface area contributed by atoms with Crippen molar-refractivity contribution in [3.8, 4) is 0 Å². The van der Waals surface area contributed by atoms with Gasteiger partial charge in [0.05, 0.1) is 0 Å². The zero-order valence-corrected chi connectivity index (χ0v) is 11.5. The fourth-order valence-electron chi connectivity index (χ4n) is 0. The van der Waals surface area contributed by atoms with E-state index >= 15 is 0 Å². The van der Waals surface area contributed by atoms with E-state index in [0.717, 1.165) is 0 Å². The average Bonchev–Trinajstić information content (AvgIpc) is 1.12. The normalized spacial score (nSPS) is 8.29. The maximum absolute atomic E-state index is 8.74. The van der Waals surface area contributed by atoms with Crippen LogP contribution in [-0.4, -0.2) is 70.1 Å². The van der Waals surface area contributed by atoms with Gasteiger partial charge in [0.15, 0.2) is 0 Å². The van der Waals surface area contributed by atoms with E-state index in [9.17, 15) is 0 Å². The molecule has 0 radical (unpaired) electrons. The van der Waals surface area contributed by atoms with Crippen LogP contribution in [0.15, 0.2) is 0 Å². The topological polar surface area (TPSA) is 181 Å². The van der Waals surface area contributed by atoms with E-state index in [1.807, 2.05) is 0 Å². The molecule has 0 aromatic heterocycles. The van der Waals surface area contributed by atoms with Crippen molar-refractivity contribution in [2.75, 3.05) is 0 Å². The fourth-order valence-corrected chi connectivity index (χ4v) is 0. The van der Waals surface area contributed by atoms with Crippen LogP contribution < -0.4 is 0 Å². The fraction of sp³-hybridized carbons (Fsp3) is 0. The molecule has 6 N–H and O–H groups in total. The molecule has 0 aromatic rings. The van der Waals surface area contributed by atoms with Crippen molar-refractivity contribution in [1.82, 2.24) is 0 Å². The van der Waals surface area contributed by atoms with Crippen LogP contribution >= 0.6 is 0 Å². The van der Waals surface area contributed by atoms with Gasteiger partial charge >= 0.3 is 50.4 Å². The summed E-state index contributed by atoms with van der Waals surface area (Å²) in [7, 11) is -9.33. The quantitative estimate of drug-likeness (QED) is 0.264. The second-order valence-corrected chi connectivity index (χ2v) is 2.69. The largest absolute Gasteiger partial charge is 0 e. The predicted molar refractivity (Wildman–Crippen MR) is 39.1 cm³/mol. The van der Waals surface area contributed by atoms with Gasteiger partial charge in [0.2, 0.25) is 0 Å². The third-order valence-electron chi connectivity index (χ3n) is 0. The molecule has 0 bridgehead atoms. The minimum absolute atomic E-state index is 0. The average molecular weight is 359 g/mol. The minimum atomic E-state index is -4.67. The molecule has 0 aliphatic carbocycles. The maximum Gasteiger partial charge on any atom is 0 e. The number of hydrogen-bond donors (Lipinski definition) is 4. The van der Waals surface area contributed by atoms with Crippen LogP contribution in [0.2, 0.25) is 0 Å². The molecular weight excluding hydrogens is 352 g/mol. The molecule has 0 aromatic carbocycles. The third-order valence-corrected chi connectivity index (χ3v) is 0. The second-order valence-electron chi connectivity index (χ2n) is 0.896. The van der Waals surface area contributed by atoms with Gasteiger partial charge in [0.25, 0.3) is 0 Å². The van der Waals surface area contributed by atoms with Crippen LogP contribution in [0, 0.1) is 0 Å². The molecule has 0 fully saturated rings. The standard InChI is InChI=1S/Fe.Na.2H2O4S.H2O.Zn.H/c;;2*1-5(2,3)4;;;/h;;2*(H2,1,2,3,4);1H2;;. The van der Waals surface area contributed by atoms with Crippen molar-refractivity contribution >= 4 is 50.4 Å². The summed E-state index contributed by atoms with van der Waals surface area (Å²) in [5.74, 6) is 0. The first-order valence-corrected chi connectivity index (χ1v) is 4.19. The maximum atomic E-state index is 8.74. The van der Waals surface area contributed by atoms with Gasteiger partial charge in [0, 0.05) is 36.5 Å². The molecule has 14 heteroatoms. The SMILES string of the molecule is O.O=S(=O)(O)O.O=S(=O)(O)O.[Fe].[NaH].[Zn]. The Bertz CT molecular complexity index is 219. The van der Waals surface area contributed by atoms with E-state index in [2.05, 4.69) is 0 Å². The van der Waals surface area contributed by atoms with Gasteiger partial charge in [-0.3, -0.25) is 18.2 Å². The van der Waals surface area contributed by atoms with E-state index in [1.54, 1.807) is 0 Å². The van der Waals surface area contributed by atoms with E-state index in [1.165, 1.54) is 0 Å². The van der Waals surface area contributed by atoms with E-state index in [4.69, 9.17) is 35.0 Å². The number of rotatable bonds is 0. The summed E-state index contributed by atoms with van der Waals surface area (Å²) in [5.41, 5.74) is 0. The molecule has 0 heterocycles. The van der Waals surface area contributed by atoms with Crippen molar-refractivity contribution < 1.29 is 77.1 Å². The summed E-state index contributed by atoms with van der Waals surface area (Å²) in [6, 6.07) is 0. The molecule has 0 aliphatic rings. The summed E-state index contributed by atoms with van der Waals surface area (Å²) in [6.45, 7) is 0. The van der Waals surface area contributed by atoms with E-state index < -0.39 is 20.8 Å². The van der Waals surface area contributed by atoms with Crippen molar-refractivity contribution in [2.24, 2.45) is 0 Å². The van der Waals surface area contributed by atoms with Crippen LogP contribution in [0.4, 0.5) is 0 Å². The zero-order valence-electron chi connectivity index (χ0n) is 5.80. The van der Waals surface area contributed by atoms with Gasteiger partial charge in [-0.25, -0.2) is 0 Å². The predicted octanol–water partition coefficient (Wildman–Crippen LogP) is -2.78. The zero-order chi connectivity index (χ0) is 9.00. The van der Waals surface area contributed by atoms with Crippen molar-refractivity contribution in [3.05, 3.63) is 0 Å². The van der Waals surface area contributed by atoms with Crippen molar-refractivity contribution in [1.29, 1.82) is 0 Å². The van der Waals surface area contributed by atoms with Crippen LogP contribution in [0.1, 0.15) is 0 Å². The number of hydrogen-bond acceptors (Lipinski definition) is 4. The summed E-state index contributed by atoms with van der Waals surface area (Å²) >= 11 is 0. The molecule has 0 spiro atoms. The summed E-state index contributed by atoms with van der Waals surface area (Å²) in [5, 5.41) is 0. The molecule has 0 unspecified atom stereocenters. The molecule has 9 nitrogen and oxygen atoms in total. The van der Waals surface area contributed by atoms with Crippen molar-refractivity contribution in [2.45, 2.75) is 0 Å². The van der Waals surface area contributed by atoms with Gasteiger partial charge in [-0.2, -0.15) is 16.8 Å². The van der Waals surface area contributed by atoms with Crippen LogP contribution in [0.25, 0.3) is 0 Å². The minimum Gasteiger partial charge on any atom is 0 e. The van der Waals surface area contributed by atoms with Gasteiger partial charge in [-0.15, -0.1) is 0 Å². The van der Waals surface area contributed by atoms with Crippen LogP contribution in [0.3, 0.4) is 0 Å². The summed E-state index contributed by atoms with van der Waals surface area (Å²) < 4.78 is 63.2. The molecule has 0 saturated heterocycles. The first-order valence-electron chi connectivity index (χ1n) is 1.40. The Hall–Kier alpha value is 1.84. The molecule has 0 aliphatic heterocycles. The smallest absolute Gasteiger partial charge is 0 e. The van der Waals surface area contributed by atoms with E-state index in [-0.39, 0.29) is 71.6 Å². The molecule has 0 atom stereocenters. The first kappa shape index (κ1) is 36.0. The van der Waals surface area contributed by atoms with Gasteiger partial charge < -0.3 is 5.48 Å². The Morgan fingerprint density at radius 3 is 0.714 bits per heavy atom. The molecule has 0 amide bonds. The second kappa shape index (κ2) is 14.8. The Kier molecular flexibility index (Phi) is 38.2. The van der Waals surface area contributed by atoms with Crippen molar-refractivity contribution in [3.63, 3.8) is 0 Å². The Balaban J connectivity index is -0.0000000178. The van der Waals surface area contributed by atoms with E-state index in [0.29, 0.717) is 0 Å². The molecular formula is H7FeNaO9S2Zn. The van der Waals surface area contributed by atoms with Gasteiger partial charge in [0.1, 0.15) is 0 Å². The molecule has 14 heavy (non-hydrogen) atoms. The molecule has 0 saturated carbocycles. The monoisotopic (exact) mass is 358 g/mol.